The second kappa shape index (κ2) is 7.04. The summed E-state index contributed by atoms with van der Waals surface area (Å²) in [6.45, 7) is 2.08. The Labute approximate surface area is 134 Å². The van der Waals surface area contributed by atoms with E-state index >= 15 is 0 Å². The quantitative estimate of drug-likeness (QED) is 0.646. The molecular weight excluding hydrogens is 304 g/mol. The van der Waals surface area contributed by atoms with Crippen molar-refractivity contribution in [1.29, 1.82) is 0 Å². The van der Waals surface area contributed by atoms with Crippen molar-refractivity contribution in [2.24, 2.45) is 0 Å². The summed E-state index contributed by atoms with van der Waals surface area (Å²) >= 11 is 6.08. The number of nitrogens with two attached hydrogens (primary N) is 1. The molecule has 0 heterocycles. The van der Waals surface area contributed by atoms with Crippen LogP contribution in [0.3, 0.4) is 0 Å². The monoisotopic (exact) mass is 320 g/mol. The van der Waals surface area contributed by atoms with Crippen LogP contribution in [0.2, 0.25) is 5.02 Å². The van der Waals surface area contributed by atoms with Crippen LogP contribution < -0.4 is 15.8 Å². The number of esters is 1. The number of halogens is 1. The number of nitrogen functional groups attached to an aromatic ring is 1. The highest BCUT2D eigenvalue weighted by atomic mass is 35.5. The summed E-state index contributed by atoms with van der Waals surface area (Å²) in [7, 11) is 1.56. The molecule has 0 atom stereocenters. The van der Waals surface area contributed by atoms with Gasteiger partial charge in [-0.05, 0) is 43.3 Å². The van der Waals surface area contributed by atoms with E-state index in [1.54, 1.807) is 44.4 Å². The molecule has 0 unspecified atom stereocenters. The highest BCUT2D eigenvalue weighted by Crippen LogP contribution is 2.30. The van der Waals surface area contributed by atoms with Gasteiger partial charge in [-0.3, -0.25) is 0 Å². The normalized spacial score (nSPS) is 10.1. The molecular formula is C16H17ClN2O3. The number of hydrogen-bond acceptors (Lipinski definition) is 5. The zero-order valence-corrected chi connectivity index (χ0v) is 13.1. The average molecular weight is 321 g/mol. The van der Waals surface area contributed by atoms with Crippen molar-refractivity contribution in [3.05, 3.63) is 47.0 Å². The van der Waals surface area contributed by atoms with Crippen molar-refractivity contribution in [3.63, 3.8) is 0 Å². The molecule has 6 heteroatoms. The van der Waals surface area contributed by atoms with E-state index in [1.807, 2.05) is 6.07 Å². The molecule has 22 heavy (non-hydrogen) atoms. The predicted octanol–water partition coefficient (Wildman–Crippen LogP) is 3.85. The summed E-state index contributed by atoms with van der Waals surface area (Å²) in [5, 5.41) is 3.64. The predicted molar refractivity (Wildman–Crippen MR) is 88.1 cm³/mol. The molecule has 0 fully saturated rings. The van der Waals surface area contributed by atoms with Crippen molar-refractivity contribution in [2.75, 3.05) is 24.8 Å². The lowest BCUT2D eigenvalue weighted by Crippen LogP contribution is -2.06. The van der Waals surface area contributed by atoms with Crippen LogP contribution >= 0.6 is 11.6 Å². The van der Waals surface area contributed by atoms with Gasteiger partial charge in [0.05, 0.1) is 35.7 Å². The van der Waals surface area contributed by atoms with E-state index in [0.717, 1.165) is 5.69 Å². The Kier molecular flexibility index (Phi) is 5.12. The topological polar surface area (TPSA) is 73.6 Å². The summed E-state index contributed by atoms with van der Waals surface area (Å²) in [5.74, 6) is 0.200. The van der Waals surface area contributed by atoms with Gasteiger partial charge in [0.25, 0.3) is 0 Å². The van der Waals surface area contributed by atoms with Gasteiger partial charge in [0, 0.05) is 5.69 Å². The Morgan fingerprint density at radius 1 is 1.27 bits per heavy atom. The lowest BCUT2D eigenvalue weighted by atomic mass is 10.1. The molecule has 0 aliphatic heterocycles. The molecule has 2 aromatic carbocycles. The third-order valence-electron chi connectivity index (χ3n) is 2.99. The van der Waals surface area contributed by atoms with Gasteiger partial charge in [-0.15, -0.1) is 0 Å². The highest BCUT2D eigenvalue weighted by Gasteiger charge is 2.09. The first-order chi connectivity index (χ1) is 10.5. The largest absolute Gasteiger partial charge is 0.495 e. The minimum absolute atomic E-state index is 0.323. The summed E-state index contributed by atoms with van der Waals surface area (Å²) in [5.41, 5.74) is 8.27. The first-order valence-corrected chi connectivity index (χ1v) is 7.10. The van der Waals surface area contributed by atoms with E-state index in [2.05, 4.69) is 5.32 Å². The number of ether oxygens (including phenoxy) is 2. The summed E-state index contributed by atoms with van der Waals surface area (Å²) in [4.78, 5) is 11.7. The Morgan fingerprint density at radius 2 is 2.05 bits per heavy atom. The van der Waals surface area contributed by atoms with Gasteiger partial charge >= 0.3 is 5.97 Å². The number of methoxy groups -OCH3 is 1. The van der Waals surface area contributed by atoms with Gasteiger partial charge in [0.1, 0.15) is 5.75 Å². The Bertz CT molecular complexity index is 689. The maximum atomic E-state index is 11.7. The molecule has 2 aromatic rings. The van der Waals surface area contributed by atoms with Gasteiger partial charge in [-0.1, -0.05) is 11.6 Å². The van der Waals surface area contributed by atoms with Gasteiger partial charge < -0.3 is 20.5 Å². The van der Waals surface area contributed by atoms with Crippen LogP contribution in [0.25, 0.3) is 0 Å². The molecule has 0 amide bonds. The van der Waals surface area contributed by atoms with Crippen molar-refractivity contribution in [2.45, 2.75) is 6.92 Å². The van der Waals surface area contributed by atoms with Gasteiger partial charge in [-0.2, -0.15) is 0 Å². The number of benzene rings is 2. The molecule has 0 radical (unpaired) electrons. The molecule has 0 aromatic heterocycles. The molecule has 0 bridgehead atoms. The molecule has 0 aliphatic rings. The van der Waals surface area contributed by atoms with E-state index in [4.69, 9.17) is 26.8 Å². The Balaban J connectivity index is 2.20. The second-order valence-corrected chi connectivity index (χ2v) is 4.90. The SMILES string of the molecule is CCOC(=O)c1ccc(Nc2ccc(OC)c(Cl)c2)c(N)c1. The number of anilines is 3. The van der Waals surface area contributed by atoms with Crippen molar-refractivity contribution in [1.82, 2.24) is 0 Å². The zero-order valence-electron chi connectivity index (χ0n) is 12.4. The molecule has 5 nitrogen and oxygen atoms in total. The number of rotatable bonds is 5. The van der Waals surface area contributed by atoms with Gasteiger partial charge in [-0.25, -0.2) is 4.79 Å². The fraction of sp³-hybridized carbons (Fsp3) is 0.188. The fourth-order valence-electron chi connectivity index (χ4n) is 1.92. The standard InChI is InChI=1S/C16H17ClN2O3/c1-3-22-16(20)10-4-6-14(13(18)8-10)19-11-5-7-15(21-2)12(17)9-11/h4-9,19H,3,18H2,1-2H3. The van der Waals surface area contributed by atoms with Crippen LogP contribution in [0.15, 0.2) is 36.4 Å². The van der Waals surface area contributed by atoms with Crippen LogP contribution in [-0.2, 0) is 4.74 Å². The third-order valence-corrected chi connectivity index (χ3v) is 3.29. The lowest BCUT2D eigenvalue weighted by Gasteiger charge is -2.12. The van der Waals surface area contributed by atoms with E-state index in [1.165, 1.54) is 0 Å². The number of hydrogen-bond donors (Lipinski definition) is 2. The maximum Gasteiger partial charge on any atom is 0.338 e. The van der Waals surface area contributed by atoms with E-state index in [-0.39, 0.29) is 0 Å². The molecule has 116 valence electrons. The molecule has 3 N–H and O–H groups in total. The summed E-state index contributed by atoms with van der Waals surface area (Å²) in [6, 6.07) is 10.3. The number of nitrogens with one attached hydrogen (secondary N) is 1. The van der Waals surface area contributed by atoms with Crippen LogP contribution in [0, 0.1) is 0 Å². The second-order valence-electron chi connectivity index (χ2n) is 4.50. The zero-order chi connectivity index (χ0) is 16.1. The summed E-state index contributed by atoms with van der Waals surface area (Å²) < 4.78 is 10.0. The van der Waals surface area contributed by atoms with Crippen LogP contribution in [-0.4, -0.2) is 19.7 Å². The summed E-state index contributed by atoms with van der Waals surface area (Å²) in [6.07, 6.45) is 0. The average Bonchev–Trinajstić information content (AvgIpc) is 2.49. The van der Waals surface area contributed by atoms with Gasteiger partial charge in [0.15, 0.2) is 0 Å². The number of carbonyl (C=O) groups is 1. The smallest absolute Gasteiger partial charge is 0.338 e. The van der Waals surface area contributed by atoms with Crippen LogP contribution in [0.5, 0.6) is 5.75 Å². The Hall–Kier alpha value is -2.40. The van der Waals surface area contributed by atoms with E-state index in [0.29, 0.717) is 34.3 Å². The van der Waals surface area contributed by atoms with E-state index < -0.39 is 5.97 Å². The molecule has 2 rings (SSSR count). The minimum atomic E-state index is -0.395. The van der Waals surface area contributed by atoms with Crippen molar-refractivity contribution >= 4 is 34.6 Å². The molecule has 0 saturated carbocycles. The maximum absolute atomic E-state index is 11.7. The molecule has 0 saturated heterocycles. The first-order valence-electron chi connectivity index (χ1n) is 6.72. The highest BCUT2D eigenvalue weighted by molar-refractivity contribution is 6.32. The van der Waals surface area contributed by atoms with Crippen molar-refractivity contribution < 1.29 is 14.3 Å². The van der Waals surface area contributed by atoms with Crippen LogP contribution in [0.4, 0.5) is 17.1 Å². The number of carbonyl (C=O) groups excluding carboxylic acids is 1. The van der Waals surface area contributed by atoms with Crippen LogP contribution in [0.1, 0.15) is 17.3 Å². The Morgan fingerprint density at radius 3 is 2.64 bits per heavy atom. The van der Waals surface area contributed by atoms with Gasteiger partial charge in [0.2, 0.25) is 0 Å². The lowest BCUT2D eigenvalue weighted by molar-refractivity contribution is 0.0526. The molecule has 0 spiro atoms. The minimum Gasteiger partial charge on any atom is -0.495 e. The fourth-order valence-corrected chi connectivity index (χ4v) is 2.18. The molecule has 0 aliphatic carbocycles. The third kappa shape index (κ3) is 3.62. The van der Waals surface area contributed by atoms with E-state index in [9.17, 15) is 4.79 Å². The first kappa shape index (κ1) is 16.0. The van der Waals surface area contributed by atoms with Crippen molar-refractivity contribution in [3.8, 4) is 5.75 Å².